The molecule has 2 rings (SSSR count). The zero-order valence-corrected chi connectivity index (χ0v) is 12.2. The van der Waals surface area contributed by atoms with E-state index in [1.807, 2.05) is 24.3 Å². The van der Waals surface area contributed by atoms with Gasteiger partial charge >= 0.3 is 5.97 Å². The number of aromatic carboxylic acids is 1. The Morgan fingerprint density at radius 3 is 2.81 bits per heavy atom. The number of para-hydroxylation sites is 1. The van der Waals surface area contributed by atoms with Gasteiger partial charge in [-0.05, 0) is 30.2 Å². The van der Waals surface area contributed by atoms with Gasteiger partial charge in [0.15, 0.2) is 5.69 Å². The zero-order chi connectivity index (χ0) is 15.2. The van der Waals surface area contributed by atoms with Gasteiger partial charge in [0.2, 0.25) is 0 Å². The molecule has 0 amide bonds. The van der Waals surface area contributed by atoms with E-state index in [1.165, 1.54) is 6.07 Å². The third kappa shape index (κ3) is 3.86. The normalized spacial score (nSPS) is 10.2. The molecule has 1 heterocycles. The van der Waals surface area contributed by atoms with Gasteiger partial charge in [0.1, 0.15) is 11.6 Å². The number of rotatable bonds is 6. The number of carbonyl (C=O) groups is 1. The molecule has 0 bridgehead atoms. The fourth-order valence-electron chi connectivity index (χ4n) is 1.93. The van der Waals surface area contributed by atoms with Gasteiger partial charge in [0, 0.05) is 6.54 Å². The number of hydrogen-bond acceptors (Lipinski definition) is 4. The molecule has 2 aromatic rings. The smallest absolute Gasteiger partial charge is 0.356 e. The molecule has 0 saturated carbocycles. The Kier molecular flexibility index (Phi) is 5.00. The Labute approximate surface area is 127 Å². The first-order valence-electron chi connectivity index (χ1n) is 6.37. The van der Waals surface area contributed by atoms with Crippen molar-refractivity contribution in [3.63, 3.8) is 0 Å². The molecule has 0 atom stereocenters. The van der Waals surface area contributed by atoms with E-state index in [4.69, 9.17) is 21.4 Å². The lowest BCUT2D eigenvalue weighted by Gasteiger charge is -2.10. The number of halogens is 1. The average Bonchev–Trinajstić information content (AvgIpc) is 2.49. The van der Waals surface area contributed by atoms with E-state index in [0.717, 1.165) is 17.7 Å². The van der Waals surface area contributed by atoms with Crippen LogP contribution in [0.5, 0.6) is 5.75 Å². The van der Waals surface area contributed by atoms with Gasteiger partial charge in [0.05, 0.1) is 12.1 Å². The molecule has 0 unspecified atom stereocenters. The molecule has 0 spiro atoms. The van der Waals surface area contributed by atoms with Crippen LogP contribution in [-0.2, 0) is 6.42 Å². The van der Waals surface area contributed by atoms with Gasteiger partial charge in [-0.1, -0.05) is 29.8 Å². The van der Waals surface area contributed by atoms with Crippen molar-refractivity contribution in [3.05, 3.63) is 52.7 Å². The minimum atomic E-state index is -1.15. The van der Waals surface area contributed by atoms with Crippen molar-refractivity contribution in [2.24, 2.45) is 0 Å². The van der Waals surface area contributed by atoms with Crippen LogP contribution in [0, 0.1) is 0 Å². The topological polar surface area (TPSA) is 71.5 Å². The molecule has 1 aromatic heterocycles. The number of nitrogens with zero attached hydrogens (tertiary/aromatic N) is 1. The van der Waals surface area contributed by atoms with Crippen LogP contribution in [0.4, 0.5) is 5.82 Å². The van der Waals surface area contributed by atoms with E-state index >= 15 is 0 Å². The van der Waals surface area contributed by atoms with Crippen LogP contribution < -0.4 is 10.1 Å². The Bertz CT molecular complexity index is 647. The molecule has 110 valence electrons. The van der Waals surface area contributed by atoms with Gasteiger partial charge in [0.25, 0.3) is 0 Å². The van der Waals surface area contributed by atoms with Crippen LogP contribution in [0.3, 0.4) is 0 Å². The number of ether oxygens (including phenoxy) is 1. The molecule has 5 nitrogen and oxygen atoms in total. The molecule has 0 aliphatic heterocycles. The monoisotopic (exact) mass is 306 g/mol. The number of carboxylic acid groups (broad SMARTS) is 1. The highest BCUT2D eigenvalue weighted by Crippen LogP contribution is 2.19. The zero-order valence-electron chi connectivity index (χ0n) is 11.5. The summed E-state index contributed by atoms with van der Waals surface area (Å²) in [5.74, 6) is 0.162. The molecule has 0 fully saturated rings. The maximum Gasteiger partial charge on any atom is 0.356 e. The van der Waals surface area contributed by atoms with Crippen LogP contribution in [0.1, 0.15) is 16.1 Å². The Morgan fingerprint density at radius 2 is 2.10 bits per heavy atom. The standard InChI is InChI=1S/C15H15ClN2O3/c1-21-12-5-3-2-4-10(12)8-9-17-13-7-6-11(16)14(18-13)15(19)20/h2-7H,8-9H2,1H3,(H,17,18)(H,19,20). The minimum Gasteiger partial charge on any atom is -0.496 e. The van der Waals surface area contributed by atoms with E-state index in [9.17, 15) is 4.79 Å². The molecule has 0 aliphatic carbocycles. The highest BCUT2D eigenvalue weighted by molar-refractivity contribution is 6.33. The van der Waals surface area contributed by atoms with E-state index in [0.29, 0.717) is 12.4 Å². The van der Waals surface area contributed by atoms with E-state index in [-0.39, 0.29) is 10.7 Å². The fourth-order valence-corrected chi connectivity index (χ4v) is 2.11. The van der Waals surface area contributed by atoms with Crippen molar-refractivity contribution < 1.29 is 14.6 Å². The van der Waals surface area contributed by atoms with Crippen molar-refractivity contribution >= 4 is 23.4 Å². The first kappa shape index (κ1) is 15.1. The summed E-state index contributed by atoms with van der Waals surface area (Å²) >= 11 is 5.77. The predicted molar refractivity (Wildman–Crippen MR) is 81.4 cm³/mol. The highest BCUT2D eigenvalue weighted by atomic mass is 35.5. The fraction of sp³-hybridized carbons (Fsp3) is 0.200. The number of anilines is 1. The molecule has 2 N–H and O–H groups in total. The summed E-state index contributed by atoms with van der Waals surface area (Å²) < 4.78 is 5.28. The summed E-state index contributed by atoms with van der Waals surface area (Å²) in [5.41, 5.74) is 0.916. The summed E-state index contributed by atoms with van der Waals surface area (Å²) in [6.45, 7) is 0.605. The van der Waals surface area contributed by atoms with Crippen LogP contribution in [-0.4, -0.2) is 29.7 Å². The van der Waals surface area contributed by atoms with Gasteiger partial charge in [-0.25, -0.2) is 9.78 Å². The van der Waals surface area contributed by atoms with Crippen molar-refractivity contribution in [2.75, 3.05) is 19.0 Å². The van der Waals surface area contributed by atoms with Gasteiger partial charge in [-0.2, -0.15) is 0 Å². The van der Waals surface area contributed by atoms with E-state index < -0.39 is 5.97 Å². The van der Waals surface area contributed by atoms with Crippen LogP contribution in [0.25, 0.3) is 0 Å². The van der Waals surface area contributed by atoms with Crippen LogP contribution >= 0.6 is 11.6 Å². The summed E-state index contributed by atoms with van der Waals surface area (Å²) in [7, 11) is 1.63. The second-order valence-electron chi connectivity index (χ2n) is 4.32. The minimum absolute atomic E-state index is 0.123. The third-order valence-electron chi connectivity index (χ3n) is 2.94. The highest BCUT2D eigenvalue weighted by Gasteiger charge is 2.11. The first-order chi connectivity index (χ1) is 10.1. The lowest BCUT2D eigenvalue weighted by atomic mass is 10.1. The Morgan fingerprint density at radius 1 is 1.33 bits per heavy atom. The third-order valence-corrected chi connectivity index (χ3v) is 3.25. The number of carboxylic acids is 1. The molecule has 0 saturated heterocycles. The van der Waals surface area contributed by atoms with Crippen LogP contribution in [0.2, 0.25) is 5.02 Å². The maximum absolute atomic E-state index is 11.0. The second kappa shape index (κ2) is 6.95. The summed E-state index contributed by atoms with van der Waals surface area (Å²) in [5, 5.41) is 12.2. The number of benzene rings is 1. The number of hydrogen-bond donors (Lipinski definition) is 2. The lowest BCUT2D eigenvalue weighted by molar-refractivity contribution is 0.0691. The SMILES string of the molecule is COc1ccccc1CCNc1ccc(Cl)c(C(=O)O)n1. The molecular weight excluding hydrogens is 292 g/mol. The molecular formula is C15H15ClN2O3. The molecule has 0 radical (unpaired) electrons. The van der Waals surface area contributed by atoms with Crippen LogP contribution in [0.15, 0.2) is 36.4 Å². The van der Waals surface area contributed by atoms with Crippen molar-refractivity contribution in [1.82, 2.24) is 4.98 Å². The predicted octanol–water partition coefficient (Wildman–Crippen LogP) is 3.10. The van der Waals surface area contributed by atoms with Gasteiger partial charge in [-0.15, -0.1) is 0 Å². The number of methoxy groups -OCH3 is 1. The summed E-state index contributed by atoms with van der Waals surface area (Å²) in [6, 6.07) is 10.9. The summed E-state index contributed by atoms with van der Waals surface area (Å²) in [6.07, 6.45) is 0.733. The Balaban J connectivity index is 2.00. The summed E-state index contributed by atoms with van der Waals surface area (Å²) in [4.78, 5) is 14.9. The van der Waals surface area contributed by atoms with Crippen molar-refractivity contribution in [2.45, 2.75) is 6.42 Å². The van der Waals surface area contributed by atoms with Crippen molar-refractivity contribution in [1.29, 1.82) is 0 Å². The molecule has 1 aromatic carbocycles. The Hall–Kier alpha value is -2.27. The molecule has 21 heavy (non-hydrogen) atoms. The number of nitrogens with one attached hydrogen (secondary N) is 1. The second-order valence-corrected chi connectivity index (χ2v) is 4.73. The van der Waals surface area contributed by atoms with Crippen molar-refractivity contribution in [3.8, 4) is 5.75 Å². The quantitative estimate of drug-likeness (QED) is 0.858. The van der Waals surface area contributed by atoms with Gasteiger partial charge < -0.3 is 15.2 Å². The maximum atomic E-state index is 11.0. The van der Waals surface area contributed by atoms with E-state index in [2.05, 4.69) is 10.3 Å². The average molecular weight is 307 g/mol. The largest absolute Gasteiger partial charge is 0.496 e. The first-order valence-corrected chi connectivity index (χ1v) is 6.75. The van der Waals surface area contributed by atoms with Gasteiger partial charge in [-0.3, -0.25) is 0 Å². The molecule has 0 aliphatic rings. The molecule has 6 heteroatoms. The number of pyridine rings is 1. The lowest BCUT2D eigenvalue weighted by Crippen LogP contribution is -2.09. The van der Waals surface area contributed by atoms with E-state index in [1.54, 1.807) is 13.2 Å². The number of aromatic nitrogens is 1.